The zero-order valence-corrected chi connectivity index (χ0v) is 16.3. The van der Waals surface area contributed by atoms with Crippen LogP contribution in [0.5, 0.6) is 0 Å². The lowest BCUT2D eigenvalue weighted by atomic mass is 10.2. The Labute approximate surface area is 150 Å². The molecule has 0 spiro atoms. The van der Waals surface area contributed by atoms with Gasteiger partial charge in [-0.25, -0.2) is 9.59 Å². The van der Waals surface area contributed by atoms with Gasteiger partial charge in [-0.1, -0.05) is 0 Å². The van der Waals surface area contributed by atoms with Gasteiger partial charge in [-0.05, 0) is 54.4 Å². The topological polar surface area (TPSA) is 106 Å². The first-order valence-corrected chi connectivity index (χ1v) is 8.59. The zero-order valence-electron chi connectivity index (χ0n) is 16.3. The van der Waals surface area contributed by atoms with Crippen LogP contribution in [0, 0.1) is 0 Å². The van der Waals surface area contributed by atoms with Crippen LogP contribution in [0.2, 0.25) is 0 Å². The van der Waals surface area contributed by atoms with Gasteiger partial charge in [0.1, 0.15) is 11.2 Å². The molecule has 0 aliphatic heterocycles. The second-order valence-electron chi connectivity index (χ2n) is 7.66. The summed E-state index contributed by atoms with van der Waals surface area (Å²) in [7, 11) is 0. The number of hydrogen-bond acceptors (Lipinski definition) is 5. The zero-order chi connectivity index (χ0) is 19.5. The van der Waals surface area contributed by atoms with Crippen LogP contribution in [0.4, 0.5) is 9.59 Å². The van der Waals surface area contributed by atoms with Gasteiger partial charge in [0.2, 0.25) is 5.91 Å². The van der Waals surface area contributed by atoms with Crippen molar-refractivity contribution in [3.8, 4) is 0 Å². The lowest BCUT2D eigenvalue weighted by Crippen LogP contribution is -2.35. The SMILES string of the molecule is CC(C)(C)OC(=O)NCCCNC(=O)CCCNC(=O)OC(C)(C)C. The van der Waals surface area contributed by atoms with Gasteiger partial charge in [-0.15, -0.1) is 0 Å². The van der Waals surface area contributed by atoms with E-state index in [1.807, 2.05) is 0 Å². The van der Waals surface area contributed by atoms with Gasteiger partial charge < -0.3 is 25.4 Å². The van der Waals surface area contributed by atoms with Crippen LogP contribution in [0.25, 0.3) is 0 Å². The van der Waals surface area contributed by atoms with E-state index in [-0.39, 0.29) is 5.91 Å². The van der Waals surface area contributed by atoms with E-state index >= 15 is 0 Å². The fourth-order valence-corrected chi connectivity index (χ4v) is 1.66. The lowest BCUT2D eigenvalue weighted by molar-refractivity contribution is -0.121. The van der Waals surface area contributed by atoms with Crippen molar-refractivity contribution in [3.05, 3.63) is 0 Å². The van der Waals surface area contributed by atoms with Gasteiger partial charge in [0.05, 0.1) is 0 Å². The van der Waals surface area contributed by atoms with E-state index in [0.29, 0.717) is 38.9 Å². The van der Waals surface area contributed by atoms with Gasteiger partial charge in [-0.3, -0.25) is 4.79 Å². The first-order chi connectivity index (χ1) is 11.4. The number of hydrogen-bond donors (Lipinski definition) is 3. The van der Waals surface area contributed by atoms with Crippen LogP contribution < -0.4 is 16.0 Å². The van der Waals surface area contributed by atoms with E-state index in [4.69, 9.17) is 9.47 Å². The predicted octanol–water partition coefficient (Wildman–Crippen LogP) is 2.32. The Bertz CT molecular complexity index is 439. The van der Waals surface area contributed by atoms with Crippen LogP contribution in [0.3, 0.4) is 0 Å². The maximum absolute atomic E-state index is 11.6. The Kier molecular flexibility index (Phi) is 9.93. The molecular formula is C17H33N3O5. The van der Waals surface area contributed by atoms with E-state index in [0.717, 1.165) is 0 Å². The van der Waals surface area contributed by atoms with E-state index in [1.165, 1.54) is 0 Å². The van der Waals surface area contributed by atoms with Crippen molar-refractivity contribution in [3.63, 3.8) is 0 Å². The summed E-state index contributed by atoms with van der Waals surface area (Å²) in [5.41, 5.74) is -1.06. The number of carbonyl (C=O) groups excluding carboxylic acids is 3. The lowest BCUT2D eigenvalue weighted by Gasteiger charge is -2.19. The Hall–Kier alpha value is -1.99. The van der Waals surface area contributed by atoms with Gasteiger partial charge in [0.25, 0.3) is 0 Å². The second kappa shape index (κ2) is 10.8. The Morgan fingerprint density at radius 2 is 1.08 bits per heavy atom. The molecule has 0 atom stereocenters. The highest BCUT2D eigenvalue weighted by Gasteiger charge is 2.16. The van der Waals surface area contributed by atoms with Gasteiger partial charge in [0, 0.05) is 26.1 Å². The van der Waals surface area contributed by atoms with Gasteiger partial charge in [-0.2, -0.15) is 0 Å². The van der Waals surface area contributed by atoms with E-state index < -0.39 is 23.4 Å². The molecule has 0 rings (SSSR count). The van der Waals surface area contributed by atoms with Crippen LogP contribution in [0.1, 0.15) is 60.8 Å². The van der Waals surface area contributed by atoms with Crippen molar-refractivity contribution in [2.75, 3.05) is 19.6 Å². The van der Waals surface area contributed by atoms with Crippen molar-refractivity contribution in [2.24, 2.45) is 0 Å². The molecule has 0 fully saturated rings. The van der Waals surface area contributed by atoms with Crippen molar-refractivity contribution in [1.29, 1.82) is 0 Å². The molecule has 0 radical (unpaired) electrons. The minimum atomic E-state index is -0.533. The molecule has 3 N–H and O–H groups in total. The summed E-state index contributed by atoms with van der Waals surface area (Å²) in [6, 6.07) is 0. The average Bonchev–Trinajstić information content (AvgIpc) is 2.39. The maximum Gasteiger partial charge on any atom is 0.407 e. The third-order valence-electron chi connectivity index (χ3n) is 2.59. The molecule has 0 aromatic rings. The molecule has 0 bridgehead atoms. The normalized spacial score (nSPS) is 11.4. The van der Waals surface area contributed by atoms with Gasteiger partial charge >= 0.3 is 12.2 Å². The molecular weight excluding hydrogens is 326 g/mol. The number of carbonyl (C=O) groups is 3. The molecule has 0 aromatic carbocycles. The molecule has 0 saturated heterocycles. The molecule has 146 valence electrons. The van der Waals surface area contributed by atoms with Gasteiger partial charge in [0.15, 0.2) is 0 Å². The highest BCUT2D eigenvalue weighted by Crippen LogP contribution is 2.07. The molecule has 8 heteroatoms. The van der Waals surface area contributed by atoms with E-state index in [9.17, 15) is 14.4 Å². The molecule has 0 saturated carbocycles. The maximum atomic E-state index is 11.6. The molecule has 0 aliphatic carbocycles. The summed E-state index contributed by atoms with van der Waals surface area (Å²) in [4.78, 5) is 34.5. The molecule has 3 amide bonds. The smallest absolute Gasteiger partial charge is 0.407 e. The fraction of sp³-hybridized carbons (Fsp3) is 0.824. The minimum Gasteiger partial charge on any atom is -0.444 e. The third-order valence-corrected chi connectivity index (χ3v) is 2.59. The Morgan fingerprint density at radius 3 is 1.52 bits per heavy atom. The molecule has 0 aliphatic rings. The summed E-state index contributed by atoms with van der Waals surface area (Å²) < 4.78 is 10.2. The summed E-state index contributed by atoms with van der Waals surface area (Å²) in [6.07, 6.45) is 0.505. The first-order valence-electron chi connectivity index (χ1n) is 8.59. The fourth-order valence-electron chi connectivity index (χ4n) is 1.66. The van der Waals surface area contributed by atoms with Crippen LogP contribution in [-0.4, -0.2) is 48.9 Å². The highest BCUT2D eigenvalue weighted by atomic mass is 16.6. The van der Waals surface area contributed by atoms with Crippen LogP contribution in [-0.2, 0) is 14.3 Å². The number of ether oxygens (including phenoxy) is 2. The summed E-state index contributed by atoms with van der Waals surface area (Å²) in [5.74, 6) is -0.0942. The van der Waals surface area contributed by atoms with Crippen molar-refractivity contribution in [2.45, 2.75) is 72.0 Å². The third kappa shape index (κ3) is 16.6. The van der Waals surface area contributed by atoms with Crippen molar-refractivity contribution < 1.29 is 23.9 Å². The van der Waals surface area contributed by atoms with Crippen LogP contribution >= 0.6 is 0 Å². The standard InChI is InChI=1S/C17H33N3O5/c1-16(2,3)24-14(22)19-10-7-9-13(21)18-11-8-12-20-15(23)25-17(4,5)6/h7-12H2,1-6H3,(H,18,21)(H,19,22)(H,20,23). The van der Waals surface area contributed by atoms with Crippen molar-refractivity contribution in [1.82, 2.24) is 16.0 Å². The molecule has 0 aromatic heterocycles. The average molecular weight is 359 g/mol. The monoisotopic (exact) mass is 359 g/mol. The summed E-state index contributed by atoms with van der Waals surface area (Å²) in [5, 5.41) is 7.98. The number of rotatable bonds is 8. The van der Waals surface area contributed by atoms with Crippen LogP contribution in [0.15, 0.2) is 0 Å². The Morgan fingerprint density at radius 1 is 0.680 bits per heavy atom. The molecule has 0 heterocycles. The minimum absolute atomic E-state index is 0.0942. The Balaban J connectivity index is 3.60. The summed E-state index contributed by atoms with van der Waals surface area (Å²) >= 11 is 0. The second-order valence-corrected chi connectivity index (χ2v) is 7.66. The van der Waals surface area contributed by atoms with E-state index in [2.05, 4.69) is 16.0 Å². The summed E-state index contributed by atoms with van der Waals surface area (Å²) in [6.45, 7) is 12.0. The quantitative estimate of drug-likeness (QED) is 0.577. The number of alkyl carbamates (subject to hydrolysis) is 2. The number of amides is 3. The predicted molar refractivity (Wildman–Crippen MR) is 95.3 cm³/mol. The molecule has 8 nitrogen and oxygen atoms in total. The molecule has 0 unspecified atom stereocenters. The van der Waals surface area contributed by atoms with Crippen molar-refractivity contribution >= 4 is 18.1 Å². The largest absolute Gasteiger partial charge is 0.444 e. The molecule has 25 heavy (non-hydrogen) atoms. The highest BCUT2D eigenvalue weighted by molar-refractivity contribution is 5.76. The van der Waals surface area contributed by atoms with E-state index in [1.54, 1.807) is 41.5 Å². The first kappa shape index (κ1) is 23.0. The number of nitrogens with one attached hydrogen (secondary N) is 3.